The normalized spacial score (nSPS) is 17.1. The SMILES string of the molecule is Cc1ccnc(N2CCC(CC#N)CC2)n1. The van der Waals surface area contributed by atoms with Crippen LogP contribution in [-0.4, -0.2) is 23.1 Å². The summed E-state index contributed by atoms with van der Waals surface area (Å²) in [7, 11) is 0. The number of hydrogen-bond acceptors (Lipinski definition) is 4. The summed E-state index contributed by atoms with van der Waals surface area (Å²) in [5, 5.41) is 8.65. The molecule has 1 aliphatic rings. The Morgan fingerprint density at radius 2 is 2.25 bits per heavy atom. The Morgan fingerprint density at radius 1 is 1.50 bits per heavy atom. The van der Waals surface area contributed by atoms with Gasteiger partial charge < -0.3 is 4.90 Å². The molecule has 2 rings (SSSR count). The molecule has 1 fully saturated rings. The Morgan fingerprint density at radius 3 is 2.88 bits per heavy atom. The number of piperidine rings is 1. The Bertz CT molecular complexity index is 388. The molecule has 0 unspecified atom stereocenters. The van der Waals surface area contributed by atoms with Gasteiger partial charge in [-0.2, -0.15) is 5.26 Å². The summed E-state index contributed by atoms with van der Waals surface area (Å²) >= 11 is 0. The molecule has 0 atom stereocenters. The molecule has 0 saturated carbocycles. The minimum Gasteiger partial charge on any atom is -0.341 e. The van der Waals surface area contributed by atoms with E-state index >= 15 is 0 Å². The van der Waals surface area contributed by atoms with Gasteiger partial charge in [0.25, 0.3) is 0 Å². The van der Waals surface area contributed by atoms with Crippen LogP contribution in [0.1, 0.15) is 25.0 Å². The number of aromatic nitrogens is 2. The molecule has 0 spiro atoms. The van der Waals surface area contributed by atoms with Crippen LogP contribution < -0.4 is 4.90 Å². The van der Waals surface area contributed by atoms with Crippen molar-refractivity contribution in [2.75, 3.05) is 18.0 Å². The number of rotatable bonds is 2. The third-order valence-electron chi connectivity index (χ3n) is 3.06. The van der Waals surface area contributed by atoms with Gasteiger partial charge in [0.15, 0.2) is 0 Å². The van der Waals surface area contributed by atoms with E-state index in [1.54, 1.807) is 6.20 Å². The van der Waals surface area contributed by atoms with Crippen molar-refractivity contribution < 1.29 is 0 Å². The van der Waals surface area contributed by atoms with Gasteiger partial charge in [0.05, 0.1) is 6.07 Å². The van der Waals surface area contributed by atoms with Crippen molar-refractivity contribution in [1.29, 1.82) is 5.26 Å². The highest BCUT2D eigenvalue weighted by Crippen LogP contribution is 2.22. The van der Waals surface area contributed by atoms with Crippen LogP contribution in [0.15, 0.2) is 12.3 Å². The molecular weight excluding hydrogens is 200 g/mol. The average molecular weight is 216 g/mol. The summed E-state index contributed by atoms with van der Waals surface area (Å²) in [4.78, 5) is 10.9. The van der Waals surface area contributed by atoms with Crippen LogP contribution in [0.5, 0.6) is 0 Å². The van der Waals surface area contributed by atoms with E-state index in [0.717, 1.165) is 37.6 Å². The van der Waals surface area contributed by atoms with Gasteiger partial charge in [-0.05, 0) is 31.7 Å². The highest BCUT2D eigenvalue weighted by molar-refractivity contribution is 5.30. The van der Waals surface area contributed by atoms with Crippen molar-refractivity contribution in [2.45, 2.75) is 26.2 Å². The van der Waals surface area contributed by atoms with Gasteiger partial charge in [0.2, 0.25) is 5.95 Å². The summed E-state index contributed by atoms with van der Waals surface area (Å²) in [5.41, 5.74) is 1.00. The standard InChI is InChI=1S/C12H16N4/c1-10-3-7-14-12(15-10)16-8-4-11(2-6-13)5-9-16/h3,7,11H,2,4-5,8-9H2,1H3. The molecule has 0 bridgehead atoms. The predicted octanol–water partition coefficient (Wildman–Crippen LogP) is 1.92. The second kappa shape index (κ2) is 4.93. The van der Waals surface area contributed by atoms with E-state index in [0.29, 0.717) is 12.3 Å². The molecular formula is C12H16N4. The molecule has 0 N–H and O–H groups in total. The average Bonchev–Trinajstić information content (AvgIpc) is 2.30. The third-order valence-corrected chi connectivity index (χ3v) is 3.06. The smallest absolute Gasteiger partial charge is 0.225 e. The Hall–Kier alpha value is -1.63. The summed E-state index contributed by atoms with van der Waals surface area (Å²) in [6, 6.07) is 4.16. The molecule has 0 amide bonds. The maximum absolute atomic E-state index is 8.65. The molecule has 1 aliphatic heterocycles. The number of aryl methyl sites for hydroxylation is 1. The molecule has 2 heterocycles. The van der Waals surface area contributed by atoms with Crippen molar-refractivity contribution in [3.8, 4) is 6.07 Å². The fraction of sp³-hybridized carbons (Fsp3) is 0.583. The van der Waals surface area contributed by atoms with Gasteiger partial charge in [0, 0.05) is 31.4 Å². The van der Waals surface area contributed by atoms with E-state index in [1.807, 2.05) is 13.0 Å². The molecule has 1 aromatic rings. The molecule has 0 aromatic carbocycles. The molecule has 1 saturated heterocycles. The van der Waals surface area contributed by atoms with Gasteiger partial charge in [-0.3, -0.25) is 0 Å². The van der Waals surface area contributed by atoms with Gasteiger partial charge >= 0.3 is 0 Å². The fourth-order valence-electron chi connectivity index (χ4n) is 2.05. The summed E-state index contributed by atoms with van der Waals surface area (Å²) in [6.07, 6.45) is 4.64. The zero-order valence-corrected chi connectivity index (χ0v) is 9.56. The van der Waals surface area contributed by atoms with Crippen molar-refractivity contribution in [1.82, 2.24) is 9.97 Å². The Labute approximate surface area is 95.9 Å². The van der Waals surface area contributed by atoms with E-state index in [-0.39, 0.29) is 0 Å². The van der Waals surface area contributed by atoms with Crippen LogP contribution in [-0.2, 0) is 0 Å². The summed E-state index contributed by atoms with van der Waals surface area (Å²) in [5.74, 6) is 1.39. The molecule has 4 heteroatoms. The van der Waals surface area contributed by atoms with E-state index in [9.17, 15) is 0 Å². The first kappa shape index (κ1) is 10.9. The monoisotopic (exact) mass is 216 g/mol. The van der Waals surface area contributed by atoms with E-state index in [2.05, 4.69) is 20.9 Å². The highest BCUT2D eigenvalue weighted by atomic mass is 15.2. The first-order valence-electron chi connectivity index (χ1n) is 5.71. The van der Waals surface area contributed by atoms with Crippen LogP contribution in [0.3, 0.4) is 0 Å². The first-order chi connectivity index (χ1) is 7.79. The largest absolute Gasteiger partial charge is 0.341 e. The first-order valence-corrected chi connectivity index (χ1v) is 5.71. The number of nitrogens with zero attached hydrogens (tertiary/aromatic N) is 4. The van der Waals surface area contributed by atoms with Crippen molar-refractivity contribution in [3.05, 3.63) is 18.0 Å². The number of anilines is 1. The van der Waals surface area contributed by atoms with Crippen molar-refractivity contribution in [2.24, 2.45) is 5.92 Å². The predicted molar refractivity (Wildman–Crippen MR) is 61.9 cm³/mol. The topological polar surface area (TPSA) is 52.8 Å². The van der Waals surface area contributed by atoms with Crippen molar-refractivity contribution in [3.63, 3.8) is 0 Å². The van der Waals surface area contributed by atoms with Gasteiger partial charge in [-0.25, -0.2) is 9.97 Å². The van der Waals surface area contributed by atoms with E-state index < -0.39 is 0 Å². The van der Waals surface area contributed by atoms with E-state index in [1.165, 1.54) is 0 Å². The molecule has 4 nitrogen and oxygen atoms in total. The number of hydrogen-bond donors (Lipinski definition) is 0. The Balaban J connectivity index is 1.97. The lowest BCUT2D eigenvalue weighted by molar-refractivity contribution is 0.409. The van der Waals surface area contributed by atoms with Crippen LogP contribution in [0.4, 0.5) is 5.95 Å². The molecule has 16 heavy (non-hydrogen) atoms. The van der Waals surface area contributed by atoms with Gasteiger partial charge in [-0.1, -0.05) is 0 Å². The second-order valence-electron chi connectivity index (χ2n) is 4.29. The van der Waals surface area contributed by atoms with Crippen LogP contribution in [0.2, 0.25) is 0 Å². The molecule has 1 aromatic heterocycles. The lowest BCUT2D eigenvalue weighted by Gasteiger charge is -2.30. The lowest BCUT2D eigenvalue weighted by Crippen LogP contribution is -2.34. The molecule has 84 valence electrons. The number of nitriles is 1. The van der Waals surface area contributed by atoms with Crippen LogP contribution in [0, 0.1) is 24.2 Å². The lowest BCUT2D eigenvalue weighted by atomic mass is 9.94. The van der Waals surface area contributed by atoms with Crippen LogP contribution in [0.25, 0.3) is 0 Å². The van der Waals surface area contributed by atoms with Gasteiger partial charge in [0.1, 0.15) is 0 Å². The highest BCUT2D eigenvalue weighted by Gasteiger charge is 2.20. The summed E-state index contributed by atoms with van der Waals surface area (Å²) in [6.45, 7) is 3.92. The fourth-order valence-corrected chi connectivity index (χ4v) is 2.05. The maximum atomic E-state index is 8.65. The summed E-state index contributed by atoms with van der Waals surface area (Å²) < 4.78 is 0. The third kappa shape index (κ3) is 2.48. The molecule has 0 radical (unpaired) electrons. The molecule has 0 aliphatic carbocycles. The quantitative estimate of drug-likeness (QED) is 0.757. The zero-order valence-electron chi connectivity index (χ0n) is 9.56. The second-order valence-corrected chi connectivity index (χ2v) is 4.29. The van der Waals surface area contributed by atoms with E-state index in [4.69, 9.17) is 5.26 Å². The van der Waals surface area contributed by atoms with Crippen LogP contribution >= 0.6 is 0 Å². The Kier molecular flexibility index (Phi) is 3.35. The minimum atomic E-state index is 0.561. The van der Waals surface area contributed by atoms with Gasteiger partial charge in [-0.15, -0.1) is 0 Å². The van der Waals surface area contributed by atoms with Crippen molar-refractivity contribution >= 4 is 5.95 Å². The maximum Gasteiger partial charge on any atom is 0.225 e. The zero-order chi connectivity index (χ0) is 11.4. The minimum absolute atomic E-state index is 0.561.